The lowest BCUT2D eigenvalue weighted by atomic mass is 9.76. The van der Waals surface area contributed by atoms with Gasteiger partial charge in [0, 0.05) is 6.54 Å². The normalized spacial score (nSPS) is 20.2. The molecule has 1 aliphatic heterocycles. The van der Waals surface area contributed by atoms with Crippen LogP contribution in [0.5, 0.6) is 0 Å². The number of urea groups is 1. The second kappa shape index (κ2) is 7.23. The molecule has 2 aromatic carbocycles. The topological polar surface area (TPSA) is 96.3 Å². The highest BCUT2D eigenvalue weighted by molar-refractivity contribution is 6.10. The Balaban J connectivity index is 1.39. The summed E-state index contributed by atoms with van der Waals surface area (Å²) in [6.45, 7) is 2.23. The number of para-hydroxylation sites is 2. The van der Waals surface area contributed by atoms with E-state index in [0.29, 0.717) is 18.9 Å². The number of nitrogens with one attached hydrogen (secondary N) is 2. The van der Waals surface area contributed by atoms with E-state index < -0.39 is 17.5 Å². The molecule has 8 heteroatoms. The summed E-state index contributed by atoms with van der Waals surface area (Å²) in [5, 5.41) is 5.64. The molecule has 2 aliphatic rings. The van der Waals surface area contributed by atoms with E-state index in [1.165, 1.54) is 0 Å². The molecular weight excluding hydrogens is 394 g/mol. The maximum atomic E-state index is 13.3. The summed E-state index contributed by atoms with van der Waals surface area (Å²) in [5.41, 5.74) is 2.49. The molecule has 158 valence electrons. The van der Waals surface area contributed by atoms with Crippen LogP contribution in [0.4, 0.5) is 10.7 Å². The van der Waals surface area contributed by atoms with E-state index in [0.717, 1.165) is 39.9 Å². The SMILES string of the molecule is CCn1c(NC(=O)CN2C(=O)NC3(CCCc4ccccc43)C2=O)nc2ccccc21. The number of aromatic nitrogens is 2. The zero-order valence-corrected chi connectivity index (χ0v) is 17.2. The summed E-state index contributed by atoms with van der Waals surface area (Å²) in [5.74, 6) is -0.433. The molecule has 3 aromatic rings. The van der Waals surface area contributed by atoms with Crippen molar-refractivity contribution in [3.8, 4) is 0 Å². The maximum absolute atomic E-state index is 13.3. The van der Waals surface area contributed by atoms with Crippen LogP contribution >= 0.6 is 0 Å². The third-order valence-electron chi connectivity index (χ3n) is 6.17. The molecule has 1 spiro atoms. The van der Waals surface area contributed by atoms with Crippen molar-refractivity contribution in [3.63, 3.8) is 0 Å². The van der Waals surface area contributed by atoms with E-state index in [2.05, 4.69) is 15.6 Å². The van der Waals surface area contributed by atoms with Crippen molar-refractivity contribution in [1.29, 1.82) is 0 Å². The Hall–Kier alpha value is -3.68. The standard InChI is InChI=1S/C23H23N5O3/c1-2-27-18-12-6-5-11-17(18)24-21(27)25-19(29)14-28-20(30)23(26-22(28)31)13-7-9-15-8-3-4-10-16(15)23/h3-6,8,10-12H,2,7,9,13-14H2,1H3,(H,26,31)(H,24,25,29). The molecule has 31 heavy (non-hydrogen) atoms. The largest absolute Gasteiger partial charge is 0.325 e. The fourth-order valence-electron chi connectivity index (χ4n) is 4.75. The van der Waals surface area contributed by atoms with E-state index in [1.807, 2.05) is 60.0 Å². The minimum Gasteiger partial charge on any atom is -0.319 e. The quantitative estimate of drug-likeness (QED) is 0.638. The van der Waals surface area contributed by atoms with Crippen molar-refractivity contribution >= 4 is 34.8 Å². The summed E-state index contributed by atoms with van der Waals surface area (Å²) in [7, 11) is 0. The second-order valence-corrected chi connectivity index (χ2v) is 7.95. The third kappa shape index (κ3) is 2.98. The van der Waals surface area contributed by atoms with Gasteiger partial charge in [-0.15, -0.1) is 0 Å². The minimum atomic E-state index is -1.08. The molecule has 1 aromatic heterocycles. The summed E-state index contributed by atoms with van der Waals surface area (Å²) in [4.78, 5) is 44.3. The Kier molecular flexibility index (Phi) is 4.50. The van der Waals surface area contributed by atoms with Crippen LogP contribution in [0.1, 0.15) is 30.9 Å². The van der Waals surface area contributed by atoms with Gasteiger partial charge in [0.15, 0.2) is 0 Å². The molecule has 2 heterocycles. The Morgan fingerprint density at radius 1 is 1.16 bits per heavy atom. The Bertz CT molecular complexity index is 1220. The van der Waals surface area contributed by atoms with Gasteiger partial charge in [-0.3, -0.25) is 19.8 Å². The number of benzene rings is 2. The first-order valence-corrected chi connectivity index (χ1v) is 10.5. The first-order chi connectivity index (χ1) is 15.0. The average Bonchev–Trinajstić information content (AvgIpc) is 3.24. The monoisotopic (exact) mass is 417 g/mol. The molecule has 4 amide bonds. The van der Waals surface area contributed by atoms with Gasteiger partial charge in [-0.25, -0.2) is 9.78 Å². The Labute approximate surface area is 179 Å². The lowest BCUT2D eigenvalue weighted by Crippen LogP contribution is -2.47. The molecule has 0 bridgehead atoms. The number of aryl methyl sites for hydroxylation is 2. The highest BCUT2D eigenvalue weighted by Crippen LogP contribution is 2.39. The van der Waals surface area contributed by atoms with Crippen molar-refractivity contribution in [1.82, 2.24) is 19.8 Å². The number of imide groups is 1. The lowest BCUT2D eigenvalue weighted by molar-refractivity contribution is -0.134. The van der Waals surface area contributed by atoms with Crippen LogP contribution in [0.25, 0.3) is 11.0 Å². The van der Waals surface area contributed by atoms with E-state index >= 15 is 0 Å². The molecule has 1 fully saturated rings. The molecule has 5 rings (SSSR count). The number of hydrogen-bond acceptors (Lipinski definition) is 4. The fourth-order valence-corrected chi connectivity index (χ4v) is 4.75. The lowest BCUT2D eigenvalue weighted by Gasteiger charge is -2.33. The molecule has 1 unspecified atom stereocenters. The third-order valence-corrected chi connectivity index (χ3v) is 6.17. The van der Waals surface area contributed by atoms with Crippen LogP contribution in [0.3, 0.4) is 0 Å². The van der Waals surface area contributed by atoms with Crippen molar-refractivity contribution in [3.05, 3.63) is 59.7 Å². The van der Waals surface area contributed by atoms with E-state index in [4.69, 9.17) is 0 Å². The molecule has 0 saturated carbocycles. The molecular formula is C23H23N5O3. The van der Waals surface area contributed by atoms with Crippen molar-refractivity contribution < 1.29 is 14.4 Å². The number of amides is 4. The number of carbonyl (C=O) groups excluding carboxylic acids is 3. The number of rotatable bonds is 4. The van der Waals surface area contributed by atoms with E-state index in [9.17, 15) is 14.4 Å². The van der Waals surface area contributed by atoms with Gasteiger partial charge in [-0.2, -0.15) is 0 Å². The number of carbonyl (C=O) groups is 3. The zero-order valence-electron chi connectivity index (χ0n) is 17.2. The highest BCUT2D eigenvalue weighted by Gasteiger charge is 2.54. The predicted octanol–water partition coefficient (Wildman–Crippen LogP) is 2.78. The molecule has 2 N–H and O–H groups in total. The molecule has 8 nitrogen and oxygen atoms in total. The summed E-state index contributed by atoms with van der Waals surface area (Å²) in [6.07, 6.45) is 2.19. The van der Waals surface area contributed by atoms with Crippen LogP contribution in [0.15, 0.2) is 48.5 Å². The number of fused-ring (bicyclic) bond motifs is 3. The first-order valence-electron chi connectivity index (χ1n) is 10.5. The number of hydrogen-bond donors (Lipinski definition) is 2. The average molecular weight is 417 g/mol. The zero-order chi connectivity index (χ0) is 21.6. The van der Waals surface area contributed by atoms with E-state index in [1.54, 1.807) is 0 Å². The van der Waals surface area contributed by atoms with Gasteiger partial charge in [-0.05, 0) is 49.4 Å². The van der Waals surface area contributed by atoms with Crippen LogP contribution in [-0.2, 0) is 28.1 Å². The van der Waals surface area contributed by atoms with Gasteiger partial charge in [0.2, 0.25) is 11.9 Å². The molecule has 1 atom stereocenters. The van der Waals surface area contributed by atoms with Gasteiger partial charge in [0.1, 0.15) is 12.1 Å². The number of imidazole rings is 1. The highest BCUT2D eigenvalue weighted by atomic mass is 16.2. The molecule has 1 saturated heterocycles. The summed E-state index contributed by atoms with van der Waals surface area (Å²) in [6, 6.07) is 14.7. The summed E-state index contributed by atoms with van der Waals surface area (Å²) < 4.78 is 1.89. The van der Waals surface area contributed by atoms with Gasteiger partial charge in [0.25, 0.3) is 5.91 Å². The van der Waals surface area contributed by atoms with E-state index in [-0.39, 0.29) is 12.5 Å². The van der Waals surface area contributed by atoms with Gasteiger partial charge >= 0.3 is 6.03 Å². The van der Waals surface area contributed by atoms with Crippen LogP contribution in [0, 0.1) is 0 Å². The van der Waals surface area contributed by atoms with Crippen molar-refractivity contribution in [2.24, 2.45) is 0 Å². The van der Waals surface area contributed by atoms with Crippen LogP contribution in [0.2, 0.25) is 0 Å². The second-order valence-electron chi connectivity index (χ2n) is 7.95. The number of nitrogens with zero attached hydrogens (tertiary/aromatic N) is 3. The first kappa shape index (κ1) is 19.3. The van der Waals surface area contributed by atoms with Crippen molar-refractivity contribution in [2.75, 3.05) is 11.9 Å². The number of anilines is 1. The van der Waals surface area contributed by atoms with Gasteiger partial charge in [-0.1, -0.05) is 36.4 Å². The Morgan fingerprint density at radius 3 is 2.77 bits per heavy atom. The van der Waals surface area contributed by atoms with Gasteiger partial charge < -0.3 is 9.88 Å². The van der Waals surface area contributed by atoms with Gasteiger partial charge in [0.05, 0.1) is 11.0 Å². The van der Waals surface area contributed by atoms with Crippen molar-refractivity contribution in [2.45, 2.75) is 38.3 Å². The Morgan fingerprint density at radius 2 is 1.94 bits per heavy atom. The summed E-state index contributed by atoms with van der Waals surface area (Å²) >= 11 is 0. The molecule has 1 aliphatic carbocycles. The predicted molar refractivity (Wildman–Crippen MR) is 115 cm³/mol. The minimum absolute atomic E-state index is 0.360. The maximum Gasteiger partial charge on any atom is 0.325 e. The smallest absolute Gasteiger partial charge is 0.319 e. The fraction of sp³-hybridized carbons (Fsp3) is 0.304. The van der Waals surface area contributed by atoms with Crippen LogP contribution < -0.4 is 10.6 Å². The van der Waals surface area contributed by atoms with Crippen LogP contribution in [-0.4, -0.2) is 38.8 Å². The molecule has 0 radical (unpaired) electrons.